The van der Waals surface area contributed by atoms with Crippen LogP contribution in [0.1, 0.15) is 12.8 Å². The van der Waals surface area contributed by atoms with Crippen LogP contribution in [-0.2, 0) is 0 Å². The Bertz CT molecular complexity index is 806. The molecule has 0 aliphatic heterocycles. The van der Waals surface area contributed by atoms with Gasteiger partial charge in [-0.15, -0.1) is 21.5 Å². The van der Waals surface area contributed by atoms with Crippen LogP contribution in [0.2, 0.25) is 5.02 Å². The molecule has 21 heavy (non-hydrogen) atoms. The molecular weight excluding hydrogens is 326 g/mol. The van der Waals surface area contributed by atoms with Gasteiger partial charge in [0.05, 0.1) is 11.1 Å². The summed E-state index contributed by atoms with van der Waals surface area (Å²) in [5, 5.41) is 18.7. The average Bonchev–Trinajstić information content (AvgIpc) is 3.09. The monoisotopic (exact) mass is 335 g/mol. The molecule has 0 aliphatic carbocycles. The molecule has 2 heterocycles. The van der Waals surface area contributed by atoms with Crippen molar-refractivity contribution >= 4 is 44.8 Å². The lowest BCUT2D eigenvalue weighted by molar-refractivity contribution is 0.466. The van der Waals surface area contributed by atoms with Gasteiger partial charge in [0.2, 0.25) is 0 Å². The molecule has 3 aromatic rings. The Morgan fingerprint density at radius 1 is 1.33 bits per heavy atom. The number of aromatic nitrogens is 2. The lowest BCUT2D eigenvalue weighted by Crippen LogP contribution is -1.78. The first kappa shape index (κ1) is 14.4. The molecule has 4 nitrogen and oxygen atoms in total. The van der Waals surface area contributed by atoms with Crippen molar-refractivity contribution in [3.05, 3.63) is 29.3 Å². The smallest absolute Gasteiger partial charge is 0.276 e. The number of hydrogen-bond acceptors (Lipinski definition) is 6. The van der Waals surface area contributed by atoms with Gasteiger partial charge >= 0.3 is 0 Å². The van der Waals surface area contributed by atoms with Crippen molar-refractivity contribution in [2.24, 2.45) is 0 Å². The number of halogens is 1. The van der Waals surface area contributed by atoms with E-state index in [0.29, 0.717) is 22.6 Å². The van der Waals surface area contributed by atoms with E-state index >= 15 is 0 Å². The molecule has 7 heteroatoms. The maximum absolute atomic E-state index is 8.49. The molecule has 3 rings (SSSR count). The van der Waals surface area contributed by atoms with Crippen LogP contribution in [0, 0.1) is 11.3 Å². The number of benzene rings is 1. The lowest BCUT2D eigenvalue weighted by atomic mass is 10.2. The first-order valence-corrected chi connectivity index (χ1v) is 8.48. The minimum atomic E-state index is 0.448. The first-order valence-electron chi connectivity index (χ1n) is 6.30. The number of hydrogen-bond donors (Lipinski definition) is 0. The van der Waals surface area contributed by atoms with Gasteiger partial charge in [0.15, 0.2) is 0 Å². The van der Waals surface area contributed by atoms with Crippen molar-refractivity contribution in [1.29, 1.82) is 5.26 Å². The number of thiophene rings is 1. The van der Waals surface area contributed by atoms with Crippen LogP contribution in [0.25, 0.3) is 20.9 Å². The Labute approximate surface area is 134 Å². The zero-order valence-corrected chi connectivity index (χ0v) is 13.3. The standard InChI is InChI=1S/C14H10ClN3OS2/c15-11-9-5-1-2-6-10(9)21-12(11)13-17-18-14(19-13)20-8-4-3-7-16/h1-2,5-6H,3-4,8H2. The van der Waals surface area contributed by atoms with Crippen LogP contribution in [0.5, 0.6) is 0 Å². The summed E-state index contributed by atoms with van der Waals surface area (Å²) in [5.74, 6) is 1.24. The maximum atomic E-state index is 8.49. The fourth-order valence-corrected chi connectivity index (χ4v) is 3.96. The van der Waals surface area contributed by atoms with Crippen LogP contribution >= 0.6 is 34.7 Å². The third-order valence-electron chi connectivity index (χ3n) is 2.79. The zero-order chi connectivity index (χ0) is 14.7. The molecule has 106 valence electrons. The van der Waals surface area contributed by atoms with Gasteiger partial charge in [0.25, 0.3) is 11.1 Å². The molecule has 1 aromatic carbocycles. The Hall–Kier alpha value is -1.55. The molecule has 2 aromatic heterocycles. The quantitative estimate of drug-likeness (QED) is 0.485. The first-order chi connectivity index (χ1) is 10.3. The summed E-state index contributed by atoms with van der Waals surface area (Å²) >= 11 is 9.39. The third-order valence-corrected chi connectivity index (χ3v) is 5.36. The number of nitriles is 1. The van der Waals surface area contributed by atoms with Crippen molar-refractivity contribution in [2.45, 2.75) is 18.1 Å². The molecule has 0 bridgehead atoms. The maximum Gasteiger partial charge on any atom is 0.276 e. The fourth-order valence-electron chi connectivity index (χ4n) is 1.82. The van der Waals surface area contributed by atoms with Crippen molar-refractivity contribution < 1.29 is 4.42 Å². The number of fused-ring (bicyclic) bond motifs is 1. The molecule has 0 amide bonds. The number of rotatable bonds is 5. The minimum absolute atomic E-state index is 0.448. The van der Waals surface area contributed by atoms with Crippen molar-refractivity contribution in [3.63, 3.8) is 0 Å². The lowest BCUT2D eigenvalue weighted by Gasteiger charge is -1.92. The van der Waals surface area contributed by atoms with Crippen molar-refractivity contribution in [1.82, 2.24) is 10.2 Å². The van der Waals surface area contributed by atoms with Gasteiger partial charge in [-0.2, -0.15) is 5.26 Å². The molecule has 0 fully saturated rings. The molecule has 0 saturated heterocycles. The van der Waals surface area contributed by atoms with Gasteiger partial charge in [-0.1, -0.05) is 41.6 Å². The molecule has 0 N–H and O–H groups in total. The van der Waals surface area contributed by atoms with Gasteiger partial charge in [0.1, 0.15) is 4.88 Å². The second-order valence-corrected chi connectivity index (χ2v) is 6.70. The van der Waals surface area contributed by atoms with Crippen LogP contribution in [0.15, 0.2) is 33.9 Å². The molecule has 0 atom stereocenters. The molecule has 0 aliphatic rings. The van der Waals surface area contributed by atoms with Crippen molar-refractivity contribution in [2.75, 3.05) is 5.75 Å². The van der Waals surface area contributed by atoms with Gasteiger partial charge in [-0.3, -0.25) is 0 Å². The Balaban J connectivity index is 1.81. The van der Waals surface area contributed by atoms with Crippen LogP contribution in [0.3, 0.4) is 0 Å². The molecular formula is C14H10ClN3OS2. The normalized spacial score (nSPS) is 10.9. The predicted octanol–water partition coefficient (Wildman–Crippen LogP) is 5.00. The van der Waals surface area contributed by atoms with Gasteiger partial charge < -0.3 is 4.42 Å². The summed E-state index contributed by atoms with van der Waals surface area (Å²) in [4.78, 5) is 0.800. The molecule has 0 unspecified atom stereocenters. The van der Waals surface area contributed by atoms with Crippen LogP contribution in [0.4, 0.5) is 0 Å². The zero-order valence-electron chi connectivity index (χ0n) is 10.9. The van der Waals surface area contributed by atoms with Gasteiger partial charge in [-0.25, -0.2) is 0 Å². The van der Waals surface area contributed by atoms with E-state index in [1.807, 2.05) is 24.3 Å². The number of nitrogens with zero attached hydrogens (tertiary/aromatic N) is 3. The SMILES string of the molecule is N#CCCCSc1nnc(-c2sc3ccccc3c2Cl)o1. The van der Waals surface area contributed by atoms with E-state index in [9.17, 15) is 0 Å². The summed E-state index contributed by atoms with van der Waals surface area (Å²) in [6, 6.07) is 10.0. The van der Waals surface area contributed by atoms with E-state index < -0.39 is 0 Å². The predicted molar refractivity (Wildman–Crippen MR) is 85.7 cm³/mol. The summed E-state index contributed by atoms with van der Waals surface area (Å²) in [5.41, 5.74) is 0. The third kappa shape index (κ3) is 3.05. The van der Waals surface area contributed by atoms with Gasteiger partial charge in [0, 0.05) is 22.3 Å². The molecule has 0 radical (unpaired) electrons. The largest absolute Gasteiger partial charge is 0.410 e. The highest BCUT2D eigenvalue weighted by atomic mass is 35.5. The summed E-state index contributed by atoms with van der Waals surface area (Å²) < 4.78 is 6.74. The number of unbranched alkanes of at least 4 members (excludes halogenated alkanes) is 1. The van der Waals surface area contributed by atoms with E-state index in [-0.39, 0.29) is 0 Å². The van der Waals surface area contributed by atoms with Crippen LogP contribution < -0.4 is 0 Å². The average molecular weight is 336 g/mol. The van der Waals surface area contributed by atoms with E-state index in [4.69, 9.17) is 21.3 Å². The van der Waals surface area contributed by atoms with E-state index in [1.54, 1.807) is 11.3 Å². The Kier molecular flexibility index (Phi) is 4.44. The Morgan fingerprint density at radius 2 is 2.19 bits per heavy atom. The highest BCUT2D eigenvalue weighted by Crippen LogP contribution is 2.41. The topological polar surface area (TPSA) is 62.7 Å². The highest BCUT2D eigenvalue weighted by molar-refractivity contribution is 7.99. The van der Waals surface area contributed by atoms with E-state index in [0.717, 1.165) is 27.1 Å². The van der Waals surface area contributed by atoms with Gasteiger partial charge in [-0.05, 0) is 12.5 Å². The van der Waals surface area contributed by atoms with E-state index in [2.05, 4.69) is 16.3 Å². The summed E-state index contributed by atoms with van der Waals surface area (Å²) in [6.07, 6.45) is 1.35. The minimum Gasteiger partial charge on any atom is -0.410 e. The fraction of sp³-hybridized carbons (Fsp3) is 0.214. The van der Waals surface area contributed by atoms with E-state index in [1.165, 1.54) is 11.8 Å². The molecule has 0 saturated carbocycles. The Morgan fingerprint density at radius 3 is 3.00 bits per heavy atom. The molecule has 0 spiro atoms. The summed E-state index contributed by atoms with van der Waals surface area (Å²) in [6.45, 7) is 0. The summed E-state index contributed by atoms with van der Waals surface area (Å²) in [7, 11) is 0. The second-order valence-electron chi connectivity index (χ2n) is 4.22. The van der Waals surface area contributed by atoms with Crippen molar-refractivity contribution in [3.8, 4) is 16.8 Å². The van der Waals surface area contributed by atoms with Crippen LogP contribution in [-0.4, -0.2) is 16.0 Å². The highest BCUT2D eigenvalue weighted by Gasteiger charge is 2.17. The second kappa shape index (κ2) is 6.48. The number of thioether (sulfide) groups is 1.